The fourth-order valence-electron chi connectivity index (χ4n) is 1.81. The summed E-state index contributed by atoms with van der Waals surface area (Å²) in [7, 11) is 0. The number of aromatic nitrogens is 1. The van der Waals surface area contributed by atoms with Gasteiger partial charge in [0.05, 0.1) is 0 Å². The Morgan fingerprint density at radius 1 is 1.50 bits per heavy atom. The molecule has 100 valence electrons. The first-order valence-corrected chi connectivity index (χ1v) is 7.30. The third-order valence-corrected chi connectivity index (χ3v) is 3.90. The van der Waals surface area contributed by atoms with Gasteiger partial charge in [0.15, 0.2) is 0 Å². The molecule has 0 aliphatic rings. The zero-order valence-electron chi connectivity index (χ0n) is 11.3. The summed E-state index contributed by atoms with van der Waals surface area (Å²) < 4.78 is 0.957. The van der Waals surface area contributed by atoms with Crippen LogP contribution in [0.1, 0.15) is 45.1 Å². The molecule has 0 radical (unpaired) electrons. The minimum absolute atomic E-state index is 0.0835. The van der Waals surface area contributed by atoms with Crippen LogP contribution in [0.5, 0.6) is 0 Å². The van der Waals surface area contributed by atoms with Crippen molar-refractivity contribution in [3.63, 3.8) is 0 Å². The van der Waals surface area contributed by atoms with Gasteiger partial charge in [-0.3, -0.25) is 4.79 Å². The zero-order valence-corrected chi connectivity index (χ0v) is 12.9. The second-order valence-electron chi connectivity index (χ2n) is 4.56. The van der Waals surface area contributed by atoms with E-state index in [2.05, 4.69) is 40.1 Å². The third kappa shape index (κ3) is 4.41. The number of carbonyl (C=O) groups excluding carboxylic acids is 1. The van der Waals surface area contributed by atoms with Crippen LogP contribution in [0.3, 0.4) is 0 Å². The minimum Gasteiger partial charge on any atom is -0.310 e. The summed E-state index contributed by atoms with van der Waals surface area (Å²) in [6, 6.07) is 1.88. The molecule has 1 amide bonds. The van der Waals surface area contributed by atoms with Gasteiger partial charge in [-0.1, -0.05) is 26.7 Å². The monoisotopic (exact) mass is 312 g/mol. The molecule has 0 fully saturated rings. The van der Waals surface area contributed by atoms with E-state index in [1.807, 2.05) is 13.0 Å². The average Bonchev–Trinajstić information content (AvgIpc) is 2.35. The number of pyridine rings is 1. The molecule has 1 unspecified atom stereocenters. The number of carbonyl (C=O) groups is 1. The lowest BCUT2D eigenvalue weighted by Gasteiger charge is -2.14. The molecule has 0 saturated heterocycles. The molecular weight excluding hydrogens is 292 g/mol. The Morgan fingerprint density at radius 3 is 2.78 bits per heavy atom. The first-order chi connectivity index (χ1) is 8.58. The van der Waals surface area contributed by atoms with Gasteiger partial charge in [-0.05, 0) is 47.3 Å². The number of aryl methyl sites for hydroxylation is 1. The Morgan fingerprint density at radius 2 is 2.22 bits per heavy atom. The molecule has 1 aromatic heterocycles. The summed E-state index contributed by atoms with van der Waals surface area (Å²) in [4.78, 5) is 16.3. The van der Waals surface area contributed by atoms with Crippen LogP contribution >= 0.6 is 15.9 Å². The van der Waals surface area contributed by atoms with Gasteiger partial charge in [-0.15, -0.1) is 0 Å². The molecule has 4 heteroatoms. The second-order valence-corrected chi connectivity index (χ2v) is 5.41. The van der Waals surface area contributed by atoms with Crippen LogP contribution in [0.4, 0.5) is 5.82 Å². The molecule has 0 aliphatic carbocycles. The van der Waals surface area contributed by atoms with Crippen molar-refractivity contribution in [1.29, 1.82) is 0 Å². The Balaban J connectivity index is 2.64. The molecule has 1 atom stereocenters. The van der Waals surface area contributed by atoms with E-state index < -0.39 is 0 Å². The molecule has 0 aromatic carbocycles. The van der Waals surface area contributed by atoms with E-state index in [0.29, 0.717) is 5.82 Å². The summed E-state index contributed by atoms with van der Waals surface area (Å²) in [5.74, 6) is 0.812. The van der Waals surface area contributed by atoms with Crippen LogP contribution in [0.2, 0.25) is 0 Å². The molecule has 0 saturated carbocycles. The Hall–Kier alpha value is -0.900. The molecule has 18 heavy (non-hydrogen) atoms. The van der Waals surface area contributed by atoms with Crippen LogP contribution in [-0.4, -0.2) is 10.9 Å². The zero-order chi connectivity index (χ0) is 13.5. The number of hydrogen-bond donors (Lipinski definition) is 1. The standard InChI is InChI=1S/C14H21BrN2O/c1-4-6-7-11(5-2)14(18)17-13-8-10(3)12(15)9-16-13/h8-9,11H,4-7H2,1-3H3,(H,16,17,18). The number of unbranched alkanes of at least 4 members (excludes halogenated alkanes) is 1. The lowest BCUT2D eigenvalue weighted by atomic mass is 9.98. The molecule has 3 nitrogen and oxygen atoms in total. The lowest BCUT2D eigenvalue weighted by molar-refractivity contribution is -0.120. The molecular formula is C14H21BrN2O. The molecule has 1 rings (SSSR count). The van der Waals surface area contributed by atoms with E-state index in [9.17, 15) is 4.79 Å². The SMILES string of the molecule is CCCCC(CC)C(=O)Nc1cc(C)c(Br)cn1. The van der Waals surface area contributed by atoms with Gasteiger partial charge in [-0.2, -0.15) is 0 Å². The van der Waals surface area contributed by atoms with Crippen LogP contribution in [0.25, 0.3) is 0 Å². The van der Waals surface area contributed by atoms with Gasteiger partial charge in [0, 0.05) is 16.6 Å². The van der Waals surface area contributed by atoms with Crippen molar-refractivity contribution in [2.45, 2.75) is 46.5 Å². The molecule has 0 bridgehead atoms. The summed E-state index contributed by atoms with van der Waals surface area (Å²) >= 11 is 3.40. The first kappa shape index (κ1) is 15.2. The van der Waals surface area contributed by atoms with Crippen molar-refractivity contribution in [2.75, 3.05) is 5.32 Å². The number of amides is 1. The topological polar surface area (TPSA) is 42.0 Å². The van der Waals surface area contributed by atoms with Gasteiger partial charge < -0.3 is 5.32 Å². The van der Waals surface area contributed by atoms with Crippen molar-refractivity contribution in [2.24, 2.45) is 5.92 Å². The fourth-order valence-corrected chi connectivity index (χ4v) is 2.02. The predicted molar refractivity (Wildman–Crippen MR) is 78.6 cm³/mol. The van der Waals surface area contributed by atoms with E-state index in [-0.39, 0.29) is 11.8 Å². The number of anilines is 1. The summed E-state index contributed by atoms with van der Waals surface area (Å²) in [5, 5.41) is 2.90. The van der Waals surface area contributed by atoms with Gasteiger partial charge in [0.1, 0.15) is 5.82 Å². The molecule has 1 aromatic rings. The van der Waals surface area contributed by atoms with Gasteiger partial charge in [0.2, 0.25) is 5.91 Å². The highest BCUT2D eigenvalue weighted by atomic mass is 79.9. The number of nitrogens with zero attached hydrogens (tertiary/aromatic N) is 1. The van der Waals surface area contributed by atoms with E-state index in [1.54, 1.807) is 6.20 Å². The highest BCUT2D eigenvalue weighted by Gasteiger charge is 2.16. The maximum absolute atomic E-state index is 12.1. The van der Waals surface area contributed by atoms with Crippen LogP contribution < -0.4 is 5.32 Å². The molecule has 0 aliphatic heterocycles. The number of rotatable bonds is 6. The van der Waals surface area contributed by atoms with Crippen molar-refractivity contribution in [1.82, 2.24) is 4.98 Å². The van der Waals surface area contributed by atoms with E-state index in [0.717, 1.165) is 35.7 Å². The highest BCUT2D eigenvalue weighted by molar-refractivity contribution is 9.10. The summed E-state index contributed by atoms with van der Waals surface area (Å²) in [5.41, 5.74) is 1.07. The number of nitrogens with one attached hydrogen (secondary N) is 1. The van der Waals surface area contributed by atoms with Crippen molar-refractivity contribution in [3.05, 3.63) is 22.3 Å². The molecule has 1 N–H and O–H groups in total. The van der Waals surface area contributed by atoms with Crippen molar-refractivity contribution >= 4 is 27.7 Å². The quantitative estimate of drug-likeness (QED) is 0.850. The Kier molecular flexibility index (Phi) is 6.33. The third-order valence-electron chi connectivity index (χ3n) is 3.07. The number of hydrogen-bond acceptors (Lipinski definition) is 2. The number of halogens is 1. The summed E-state index contributed by atoms with van der Waals surface area (Å²) in [6.45, 7) is 6.18. The Bertz CT molecular complexity index is 407. The highest BCUT2D eigenvalue weighted by Crippen LogP contribution is 2.19. The van der Waals surface area contributed by atoms with E-state index in [4.69, 9.17) is 0 Å². The predicted octanol–water partition coefficient (Wildman–Crippen LogP) is 4.31. The normalized spacial score (nSPS) is 12.2. The maximum atomic E-state index is 12.1. The van der Waals surface area contributed by atoms with E-state index >= 15 is 0 Å². The van der Waals surface area contributed by atoms with Crippen molar-refractivity contribution in [3.8, 4) is 0 Å². The van der Waals surface area contributed by atoms with Crippen LogP contribution in [0.15, 0.2) is 16.7 Å². The second kappa shape index (κ2) is 7.52. The average molecular weight is 313 g/mol. The van der Waals surface area contributed by atoms with Gasteiger partial charge >= 0.3 is 0 Å². The maximum Gasteiger partial charge on any atom is 0.228 e. The summed E-state index contributed by atoms with van der Waals surface area (Å²) in [6.07, 6.45) is 5.77. The molecule has 1 heterocycles. The van der Waals surface area contributed by atoms with Crippen LogP contribution in [0, 0.1) is 12.8 Å². The lowest BCUT2D eigenvalue weighted by Crippen LogP contribution is -2.22. The molecule has 0 spiro atoms. The fraction of sp³-hybridized carbons (Fsp3) is 0.571. The van der Waals surface area contributed by atoms with Crippen molar-refractivity contribution < 1.29 is 4.79 Å². The minimum atomic E-state index is 0.0835. The van der Waals surface area contributed by atoms with E-state index in [1.165, 1.54) is 0 Å². The smallest absolute Gasteiger partial charge is 0.228 e. The van der Waals surface area contributed by atoms with Crippen LogP contribution in [-0.2, 0) is 4.79 Å². The van der Waals surface area contributed by atoms with Gasteiger partial charge in [0.25, 0.3) is 0 Å². The van der Waals surface area contributed by atoms with Gasteiger partial charge in [-0.25, -0.2) is 4.98 Å². The Labute approximate surface area is 118 Å². The largest absolute Gasteiger partial charge is 0.310 e. The first-order valence-electron chi connectivity index (χ1n) is 6.51.